The Morgan fingerprint density at radius 3 is 2.82 bits per heavy atom. The van der Waals surface area contributed by atoms with Crippen LogP contribution in [-0.4, -0.2) is 57.5 Å². The molecule has 1 amide bonds. The highest BCUT2D eigenvalue weighted by Gasteiger charge is 2.31. The van der Waals surface area contributed by atoms with Crippen molar-refractivity contribution < 1.29 is 14.6 Å². The summed E-state index contributed by atoms with van der Waals surface area (Å²) in [5.74, 6) is 0.721. The number of nitrogens with zero attached hydrogens (tertiary/aromatic N) is 3. The van der Waals surface area contributed by atoms with Crippen LogP contribution in [0.15, 0.2) is 30.6 Å². The Labute approximate surface area is 166 Å². The molecule has 1 aliphatic rings. The average molecular weight is 386 g/mol. The number of aryl methyl sites for hydroxylation is 3. The molecule has 7 nitrogen and oxygen atoms in total. The molecule has 152 valence electrons. The first-order chi connectivity index (χ1) is 13.3. The molecule has 2 aromatic rings. The van der Waals surface area contributed by atoms with E-state index in [1.165, 1.54) is 11.1 Å². The fraction of sp³-hybridized carbons (Fsp3) is 0.524. The monoisotopic (exact) mass is 386 g/mol. The third-order valence-electron chi connectivity index (χ3n) is 5.35. The first-order valence-corrected chi connectivity index (χ1v) is 9.76. The molecule has 0 spiro atoms. The Kier molecular flexibility index (Phi) is 6.36. The van der Waals surface area contributed by atoms with Gasteiger partial charge in [-0.05, 0) is 62.9 Å². The Morgan fingerprint density at radius 1 is 1.29 bits per heavy atom. The lowest BCUT2D eigenvalue weighted by Gasteiger charge is -2.27. The maximum atomic E-state index is 12.3. The topological polar surface area (TPSA) is 79.6 Å². The predicted molar refractivity (Wildman–Crippen MR) is 108 cm³/mol. The molecule has 28 heavy (non-hydrogen) atoms. The summed E-state index contributed by atoms with van der Waals surface area (Å²) in [6, 6.07) is 5.98. The fourth-order valence-corrected chi connectivity index (χ4v) is 3.45. The zero-order chi connectivity index (χ0) is 20.1. The lowest BCUT2D eigenvalue weighted by atomic mass is 9.96. The summed E-state index contributed by atoms with van der Waals surface area (Å²) in [5, 5.41) is 17.9. The van der Waals surface area contributed by atoms with Crippen LogP contribution in [0.1, 0.15) is 30.4 Å². The maximum absolute atomic E-state index is 12.3. The summed E-state index contributed by atoms with van der Waals surface area (Å²) in [4.78, 5) is 14.3. The van der Waals surface area contributed by atoms with Crippen molar-refractivity contribution in [1.29, 1.82) is 0 Å². The Balaban J connectivity index is 1.48. The second-order valence-electron chi connectivity index (χ2n) is 7.84. The fourth-order valence-electron chi connectivity index (χ4n) is 3.45. The quantitative estimate of drug-likeness (QED) is 0.796. The van der Waals surface area contributed by atoms with Gasteiger partial charge in [-0.1, -0.05) is 6.07 Å². The number of aromatic nitrogens is 2. The zero-order valence-corrected chi connectivity index (χ0v) is 16.9. The number of benzene rings is 1. The van der Waals surface area contributed by atoms with Crippen molar-refractivity contribution in [1.82, 2.24) is 14.7 Å². The number of hydrogen-bond acceptors (Lipinski definition) is 5. The van der Waals surface area contributed by atoms with Gasteiger partial charge in [-0.15, -0.1) is 0 Å². The smallest absolute Gasteiger partial charge is 0.238 e. The van der Waals surface area contributed by atoms with Crippen molar-refractivity contribution >= 4 is 11.6 Å². The minimum Gasteiger partial charge on any atom is -0.491 e. The van der Waals surface area contributed by atoms with Crippen molar-refractivity contribution in [2.45, 2.75) is 38.7 Å². The summed E-state index contributed by atoms with van der Waals surface area (Å²) < 4.78 is 7.53. The Morgan fingerprint density at radius 2 is 2.11 bits per heavy atom. The number of anilines is 1. The van der Waals surface area contributed by atoms with Crippen molar-refractivity contribution in [3.63, 3.8) is 0 Å². The lowest BCUT2D eigenvalue weighted by Crippen LogP contribution is -2.38. The number of aliphatic hydroxyl groups is 1. The van der Waals surface area contributed by atoms with Gasteiger partial charge in [0.2, 0.25) is 5.91 Å². The second kappa shape index (κ2) is 8.75. The highest BCUT2D eigenvalue weighted by atomic mass is 16.5. The van der Waals surface area contributed by atoms with E-state index in [-0.39, 0.29) is 12.5 Å². The molecule has 7 heteroatoms. The van der Waals surface area contributed by atoms with Gasteiger partial charge in [0.1, 0.15) is 12.4 Å². The second-order valence-corrected chi connectivity index (χ2v) is 7.84. The zero-order valence-electron chi connectivity index (χ0n) is 16.9. The summed E-state index contributed by atoms with van der Waals surface area (Å²) in [5.41, 5.74) is 2.23. The molecule has 0 radical (unpaired) electrons. The van der Waals surface area contributed by atoms with Gasteiger partial charge >= 0.3 is 0 Å². The molecule has 1 saturated heterocycles. The van der Waals surface area contributed by atoms with E-state index in [4.69, 9.17) is 4.74 Å². The Bertz CT molecular complexity index is 820. The molecule has 2 heterocycles. The maximum Gasteiger partial charge on any atom is 0.238 e. The van der Waals surface area contributed by atoms with Crippen LogP contribution in [-0.2, 0) is 11.8 Å². The number of amides is 1. The van der Waals surface area contributed by atoms with Crippen LogP contribution in [0, 0.1) is 13.8 Å². The number of ether oxygens (including phenoxy) is 1. The van der Waals surface area contributed by atoms with Crippen molar-refractivity contribution in [2.75, 3.05) is 31.6 Å². The van der Waals surface area contributed by atoms with Gasteiger partial charge in [-0.3, -0.25) is 14.4 Å². The third-order valence-corrected chi connectivity index (χ3v) is 5.35. The van der Waals surface area contributed by atoms with E-state index in [9.17, 15) is 9.90 Å². The number of carbonyl (C=O) groups is 1. The normalized spacial score (nSPS) is 20.6. The first-order valence-electron chi connectivity index (χ1n) is 9.76. The lowest BCUT2D eigenvalue weighted by molar-refractivity contribution is -0.117. The molecule has 1 aliphatic heterocycles. The van der Waals surface area contributed by atoms with Gasteiger partial charge in [0.05, 0.1) is 24.0 Å². The molecule has 1 aromatic heterocycles. The minimum atomic E-state index is -0.868. The molecular formula is C21H30N4O3. The predicted octanol–water partition coefficient (Wildman–Crippen LogP) is 2.27. The van der Waals surface area contributed by atoms with E-state index in [2.05, 4.69) is 29.2 Å². The van der Waals surface area contributed by atoms with Crippen LogP contribution in [0.25, 0.3) is 0 Å². The van der Waals surface area contributed by atoms with E-state index in [0.717, 1.165) is 18.7 Å². The van der Waals surface area contributed by atoms with Crippen molar-refractivity contribution in [3.8, 4) is 5.75 Å². The standard InChI is InChI=1S/C21H30N4O3/c1-16-5-6-19(11-17(16)2)28-15-21(27)7-4-9-25(10-8-21)14-20(26)23-18-12-22-24(3)13-18/h5-6,11-13,27H,4,7-10,14-15H2,1-3H3,(H,23,26). The van der Waals surface area contributed by atoms with Crippen LogP contribution < -0.4 is 10.1 Å². The summed E-state index contributed by atoms with van der Waals surface area (Å²) in [6.45, 7) is 6.14. The van der Waals surface area contributed by atoms with E-state index in [1.807, 2.05) is 25.2 Å². The molecule has 1 atom stereocenters. The molecule has 0 aliphatic carbocycles. The number of nitrogens with one attached hydrogen (secondary N) is 1. The van der Waals surface area contributed by atoms with Crippen LogP contribution in [0.5, 0.6) is 5.75 Å². The van der Waals surface area contributed by atoms with E-state index >= 15 is 0 Å². The van der Waals surface area contributed by atoms with Gasteiger partial charge in [0.15, 0.2) is 0 Å². The number of rotatable bonds is 6. The van der Waals surface area contributed by atoms with E-state index < -0.39 is 5.60 Å². The van der Waals surface area contributed by atoms with Crippen LogP contribution >= 0.6 is 0 Å². The highest BCUT2D eigenvalue weighted by molar-refractivity contribution is 5.91. The van der Waals surface area contributed by atoms with Crippen LogP contribution in [0.4, 0.5) is 5.69 Å². The van der Waals surface area contributed by atoms with E-state index in [0.29, 0.717) is 31.6 Å². The molecule has 0 saturated carbocycles. The number of hydrogen-bond donors (Lipinski definition) is 2. The van der Waals surface area contributed by atoms with Crippen molar-refractivity contribution in [2.24, 2.45) is 7.05 Å². The minimum absolute atomic E-state index is 0.0650. The SMILES string of the molecule is Cc1ccc(OCC2(O)CCCN(CC(=O)Nc3cnn(C)c3)CC2)cc1C. The van der Waals surface area contributed by atoms with Gasteiger partial charge < -0.3 is 15.2 Å². The molecule has 1 aromatic carbocycles. The summed E-state index contributed by atoms with van der Waals surface area (Å²) in [7, 11) is 1.81. The van der Waals surface area contributed by atoms with Crippen LogP contribution in [0.2, 0.25) is 0 Å². The summed E-state index contributed by atoms with van der Waals surface area (Å²) >= 11 is 0. The molecule has 1 fully saturated rings. The molecule has 0 bridgehead atoms. The largest absolute Gasteiger partial charge is 0.491 e. The van der Waals surface area contributed by atoms with Gasteiger partial charge in [0, 0.05) is 19.8 Å². The van der Waals surface area contributed by atoms with Crippen LogP contribution in [0.3, 0.4) is 0 Å². The number of likely N-dealkylation sites (tertiary alicyclic amines) is 1. The molecule has 2 N–H and O–H groups in total. The van der Waals surface area contributed by atoms with E-state index in [1.54, 1.807) is 17.1 Å². The number of carbonyl (C=O) groups excluding carboxylic acids is 1. The highest BCUT2D eigenvalue weighted by Crippen LogP contribution is 2.25. The molecule has 3 rings (SSSR count). The molecular weight excluding hydrogens is 356 g/mol. The van der Waals surface area contributed by atoms with Crippen molar-refractivity contribution in [3.05, 3.63) is 41.7 Å². The molecule has 1 unspecified atom stereocenters. The average Bonchev–Trinajstić information content (AvgIpc) is 2.95. The summed E-state index contributed by atoms with van der Waals surface area (Å²) in [6.07, 6.45) is 5.47. The third kappa shape index (κ3) is 5.56. The Hall–Kier alpha value is -2.38. The van der Waals surface area contributed by atoms with Gasteiger partial charge in [0.25, 0.3) is 0 Å². The van der Waals surface area contributed by atoms with Gasteiger partial charge in [-0.25, -0.2) is 0 Å². The first kappa shape index (κ1) is 20.4. The van der Waals surface area contributed by atoms with Gasteiger partial charge in [-0.2, -0.15) is 5.10 Å².